The zero-order valence-corrected chi connectivity index (χ0v) is 7.54. The number of rotatable bonds is 4. The minimum atomic E-state index is -0.807. The van der Waals surface area contributed by atoms with E-state index in [1.54, 1.807) is 6.92 Å². The van der Waals surface area contributed by atoms with Gasteiger partial charge < -0.3 is 15.9 Å². The van der Waals surface area contributed by atoms with E-state index in [4.69, 9.17) is 10.8 Å². The predicted octanol–water partition coefficient (Wildman–Crippen LogP) is 0.103. The van der Waals surface area contributed by atoms with Gasteiger partial charge in [0.05, 0.1) is 11.7 Å². The molecular weight excluding hydrogens is 142 g/mol. The van der Waals surface area contributed by atoms with Gasteiger partial charge in [0.1, 0.15) is 0 Å². The van der Waals surface area contributed by atoms with Gasteiger partial charge in [-0.1, -0.05) is 13.8 Å². The SMILES string of the molecule is CC(C)[C@@](C)(O)C[C@@H](O)CN. The van der Waals surface area contributed by atoms with Gasteiger partial charge in [-0.15, -0.1) is 0 Å². The van der Waals surface area contributed by atoms with Crippen molar-refractivity contribution in [2.45, 2.75) is 38.9 Å². The fourth-order valence-electron chi connectivity index (χ4n) is 0.796. The van der Waals surface area contributed by atoms with Crippen LogP contribution in [0.4, 0.5) is 0 Å². The maximum absolute atomic E-state index is 9.68. The molecule has 0 bridgehead atoms. The van der Waals surface area contributed by atoms with Crippen LogP contribution in [0.5, 0.6) is 0 Å². The Kier molecular flexibility index (Phi) is 4.00. The first-order valence-corrected chi connectivity index (χ1v) is 4.00. The molecule has 0 saturated carbocycles. The van der Waals surface area contributed by atoms with Crippen LogP contribution in [0.1, 0.15) is 27.2 Å². The van der Waals surface area contributed by atoms with Crippen molar-refractivity contribution < 1.29 is 10.2 Å². The van der Waals surface area contributed by atoms with Crippen molar-refractivity contribution in [2.24, 2.45) is 11.7 Å². The van der Waals surface area contributed by atoms with Gasteiger partial charge in [-0.05, 0) is 12.8 Å². The van der Waals surface area contributed by atoms with Crippen molar-refractivity contribution in [1.82, 2.24) is 0 Å². The molecule has 11 heavy (non-hydrogen) atoms. The van der Waals surface area contributed by atoms with E-state index in [2.05, 4.69) is 0 Å². The van der Waals surface area contributed by atoms with E-state index in [-0.39, 0.29) is 12.5 Å². The fourth-order valence-corrected chi connectivity index (χ4v) is 0.796. The third kappa shape index (κ3) is 3.70. The van der Waals surface area contributed by atoms with E-state index < -0.39 is 11.7 Å². The summed E-state index contributed by atoms with van der Waals surface area (Å²) in [6, 6.07) is 0. The molecule has 0 heterocycles. The lowest BCUT2D eigenvalue weighted by Gasteiger charge is -2.29. The van der Waals surface area contributed by atoms with Crippen LogP contribution in [0, 0.1) is 5.92 Å². The first-order valence-electron chi connectivity index (χ1n) is 4.00. The monoisotopic (exact) mass is 161 g/mol. The first-order chi connectivity index (χ1) is 4.90. The second-order valence-electron chi connectivity index (χ2n) is 3.61. The molecule has 2 atom stereocenters. The third-order valence-electron chi connectivity index (χ3n) is 2.16. The Morgan fingerprint density at radius 1 is 1.45 bits per heavy atom. The molecule has 0 aromatic carbocycles. The first kappa shape index (κ1) is 10.9. The Bertz CT molecular complexity index is 113. The van der Waals surface area contributed by atoms with Crippen LogP contribution >= 0.6 is 0 Å². The van der Waals surface area contributed by atoms with Crippen LogP contribution in [-0.2, 0) is 0 Å². The number of hydrogen-bond acceptors (Lipinski definition) is 3. The number of aliphatic hydroxyl groups excluding tert-OH is 1. The smallest absolute Gasteiger partial charge is 0.0689 e. The Hall–Kier alpha value is -0.120. The van der Waals surface area contributed by atoms with Crippen molar-refractivity contribution in [3.63, 3.8) is 0 Å². The highest BCUT2D eigenvalue weighted by atomic mass is 16.3. The zero-order valence-electron chi connectivity index (χ0n) is 7.54. The topological polar surface area (TPSA) is 66.5 Å². The molecule has 0 aromatic rings. The van der Waals surface area contributed by atoms with Gasteiger partial charge in [-0.25, -0.2) is 0 Å². The summed E-state index contributed by atoms with van der Waals surface area (Å²) in [6.07, 6.45) is -0.242. The second kappa shape index (κ2) is 4.04. The van der Waals surface area contributed by atoms with Crippen LogP contribution in [0.3, 0.4) is 0 Å². The molecule has 0 radical (unpaired) electrons. The van der Waals surface area contributed by atoms with E-state index in [0.29, 0.717) is 6.42 Å². The second-order valence-corrected chi connectivity index (χ2v) is 3.61. The summed E-state index contributed by atoms with van der Waals surface area (Å²) >= 11 is 0. The molecule has 0 spiro atoms. The predicted molar refractivity (Wildman–Crippen MR) is 45.1 cm³/mol. The Morgan fingerprint density at radius 3 is 2.18 bits per heavy atom. The summed E-state index contributed by atoms with van der Waals surface area (Å²) in [5.74, 6) is 0.142. The molecule has 0 aromatic heterocycles. The highest BCUT2D eigenvalue weighted by Gasteiger charge is 2.27. The lowest BCUT2D eigenvalue weighted by Crippen LogP contribution is -2.37. The molecule has 0 rings (SSSR count). The average Bonchev–Trinajstić information content (AvgIpc) is 1.86. The minimum Gasteiger partial charge on any atom is -0.392 e. The molecule has 0 fully saturated rings. The molecule has 0 aliphatic carbocycles. The Labute approximate surface area is 68.2 Å². The molecule has 3 nitrogen and oxygen atoms in total. The molecule has 0 aliphatic rings. The number of aliphatic hydroxyl groups is 2. The van der Waals surface area contributed by atoms with Crippen LogP contribution in [-0.4, -0.2) is 28.5 Å². The van der Waals surface area contributed by atoms with Crippen LogP contribution < -0.4 is 5.73 Å². The number of hydrogen-bond donors (Lipinski definition) is 3. The van der Waals surface area contributed by atoms with Gasteiger partial charge in [0.15, 0.2) is 0 Å². The number of nitrogens with two attached hydrogens (primary N) is 1. The van der Waals surface area contributed by atoms with E-state index >= 15 is 0 Å². The molecular formula is C8H19NO2. The van der Waals surface area contributed by atoms with Crippen LogP contribution in [0.25, 0.3) is 0 Å². The molecule has 0 aliphatic heterocycles. The average molecular weight is 161 g/mol. The van der Waals surface area contributed by atoms with Crippen LogP contribution in [0.2, 0.25) is 0 Å². The zero-order chi connectivity index (χ0) is 9.07. The summed E-state index contributed by atoms with van der Waals surface area (Å²) in [7, 11) is 0. The van der Waals surface area contributed by atoms with Crippen molar-refractivity contribution in [3.05, 3.63) is 0 Å². The standard InChI is InChI=1S/C8H19NO2/c1-6(2)8(3,11)4-7(10)5-9/h6-7,10-11H,4-5,9H2,1-3H3/t7-,8+/m1/s1. The quantitative estimate of drug-likeness (QED) is 0.548. The maximum Gasteiger partial charge on any atom is 0.0689 e. The van der Waals surface area contributed by atoms with Gasteiger partial charge in [0, 0.05) is 13.0 Å². The van der Waals surface area contributed by atoms with E-state index in [1.165, 1.54) is 0 Å². The van der Waals surface area contributed by atoms with Gasteiger partial charge >= 0.3 is 0 Å². The van der Waals surface area contributed by atoms with Crippen molar-refractivity contribution in [3.8, 4) is 0 Å². The Balaban J connectivity index is 3.90. The van der Waals surface area contributed by atoms with Crippen molar-refractivity contribution >= 4 is 0 Å². The van der Waals surface area contributed by atoms with Crippen molar-refractivity contribution in [2.75, 3.05) is 6.54 Å². The minimum absolute atomic E-state index is 0.142. The van der Waals surface area contributed by atoms with Crippen LogP contribution in [0.15, 0.2) is 0 Å². The summed E-state index contributed by atoms with van der Waals surface area (Å²) in [4.78, 5) is 0. The van der Waals surface area contributed by atoms with Gasteiger partial charge in [-0.3, -0.25) is 0 Å². The maximum atomic E-state index is 9.68. The van der Waals surface area contributed by atoms with Crippen molar-refractivity contribution in [1.29, 1.82) is 0 Å². The molecule has 0 saturated heterocycles. The summed E-state index contributed by atoms with van der Waals surface area (Å²) in [6.45, 7) is 5.77. The van der Waals surface area contributed by atoms with Gasteiger partial charge in [0.25, 0.3) is 0 Å². The van der Waals surface area contributed by atoms with E-state index in [0.717, 1.165) is 0 Å². The molecule has 0 amide bonds. The highest BCUT2D eigenvalue weighted by Crippen LogP contribution is 2.21. The third-order valence-corrected chi connectivity index (χ3v) is 2.16. The molecule has 0 unspecified atom stereocenters. The molecule has 4 N–H and O–H groups in total. The lowest BCUT2D eigenvalue weighted by molar-refractivity contribution is -0.0286. The molecule has 68 valence electrons. The normalized spacial score (nSPS) is 19.9. The highest BCUT2D eigenvalue weighted by molar-refractivity contribution is 4.79. The fraction of sp³-hybridized carbons (Fsp3) is 1.00. The van der Waals surface area contributed by atoms with Gasteiger partial charge in [-0.2, -0.15) is 0 Å². The van der Waals surface area contributed by atoms with E-state index in [9.17, 15) is 5.11 Å². The summed E-state index contributed by atoms with van der Waals surface area (Å²) in [5.41, 5.74) is 4.41. The Morgan fingerprint density at radius 2 is 1.91 bits per heavy atom. The largest absolute Gasteiger partial charge is 0.392 e. The lowest BCUT2D eigenvalue weighted by atomic mass is 9.87. The summed E-state index contributed by atoms with van der Waals surface area (Å²) < 4.78 is 0. The van der Waals surface area contributed by atoms with E-state index in [1.807, 2.05) is 13.8 Å². The molecule has 3 heteroatoms. The summed E-state index contributed by atoms with van der Waals surface area (Å²) in [5, 5.41) is 18.8. The van der Waals surface area contributed by atoms with Gasteiger partial charge in [0.2, 0.25) is 0 Å².